The maximum atomic E-state index is 12.2. The highest BCUT2D eigenvalue weighted by atomic mass is 32.2. The van der Waals surface area contributed by atoms with Gasteiger partial charge in [0.15, 0.2) is 0 Å². The minimum absolute atomic E-state index is 0.0450. The lowest BCUT2D eigenvalue weighted by Gasteiger charge is -2.23. The van der Waals surface area contributed by atoms with E-state index in [2.05, 4.69) is 0 Å². The highest BCUT2D eigenvalue weighted by Crippen LogP contribution is 2.22. The lowest BCUT2D eigenvalue weighted by atomic mass is 10.2. The lowest BCUT2D eigenvalue weighted by Crippen LogP contribution is -2.46. The van der Waals surface area contributed by atoms with Crippen LogP contribution in [0.1, 0.15) is 12.8 Å². The van der Waals surface area contributed by atoms with Crippen molar-refractivity contribution in [2.45, 2.75) is 25.0 Å². The van der Waals surface area contributed by atoms with Crippen LogP contribution in [-0.4, -0.2) is 79.2 Å². The van der Waals surface area contributed by atoms with E-state index in [1.165, 1.54) is 12.0 Å². The molecule has 0 aromatic carbocycles. The van der Waals surface area contributed by atoms with Crippen LogP contribution in [0.25, 0.3) is 0 Å². The summed E-state index contributed by atoms with van der Waals surface area (Å²) in [5, 5.41) is 9.13. The number of sulfonamides is 1. The Labute approximate surface area is 117 Å². The van der Waals surface area contributed by atoms with Crippen LogP contribution in [0.4, 0.5) is 0 Å². The molecule has 0 spiro atoms. The molecule has 9 heteroatoms. The van der Waals surface area contributed by atoms with Crippen molar-refractivity contribution in [1.82, 2.24) is 9.21 Å². The number of carbonyl (C=O) groups is 2. The Bertz CT molecular complexity index is 505. The van der Waals surface area contributed by atoms with Gasteiger partial charge < -0.3 is 14.7 Å². The van der Waals surface area contributed by atoms with Gasteiger partial charge >= 0.3 is 5.97 Å². The van der Waals surface area contributed by atoms with Crippen molar-refractivity contribution < 1.29 is 27.9 Å². The van der Waals surface area contributed by atoms with E-state index in [-0.39, 0.29) is 31.4 Å². The number of carbonyl (C=O) groups excluding carboxylic acids is 1. The average Bonchev–Trinajstić information content (AvgIpc) is 2.93. The van der Waals surface area contributed by atoms with E-state index in [0.717, 1.165) is 4.31 Å². The lowest BCUT2D eigenvalue weighted by molar-refractivity contribution is -0.148. The smallest absolute Gasteiger partial charge is 0.326 e. The largest absolute Gasteiger partial charge is 0.480 e. The molecule has 0 bridgehead atoms. The summed E-state index contributed by atoms with van der Waals surface area (Å²) < 4.78 is 29.5. The summed E-state index contributed by atoms with van der Waals surface area (Å²) in [5.41, 5.74) is 0. The maximum absolute atomic E-state index is 12.2. The van der Waals surface area contributed by atoms with Crippen LogP contribution >= 0.6 is 0 Å². The standard InChI is InChI=1S/C11H18N2O6S/c1-19-8-5-9(11(15)16)13(6-8)10(14)7-12-3-2-4-20(12,17)18/h8-9H,2-7H2,1H3,(H,15,16). The van der Waals surface area contributed by atoms with Gasteiger partial charge in [-0.2, -0.15) is 4.31 Å². The van der Waals surface area contributed by atoms with Crippen LogP contribution in [0.15, 0.2) is 0 Å². The molecule has 0 aromatic heterocycles. The summed E-state index contributed by atoms with van der Waals surface area (Å²) in [4.78, 5) is 24.5. The molecule has 0 radical (unpaired) electrons. The second kappa shape index (κ2) is 5.66. The molecular weight excluding hydrogens is 288 g/mol. The summed E-state index contributed by atoms with van der Waals surface area (Å²) >= 11 is 0. The third-order valence-electron chi connectivity index (χ3n) is 3.72. The summed E-state index contributed by atoms with van der Waals surface area (Å²) in [6.07, 6.45) is 0.401. The summed E-state index contributed by atoms with van der Waals surface area (Å²) in [6.45, 7) is 0.204. The minimum Gasteiger partial charge on any atom is -0.480 e. The van der Waals surface area contributed by atoms with Crippen molar-refractivity contribution in [3.63, 3.8) is 0 Å². The molecule has 1 amide bonds. The number of hydrogen-bond acceptors (Lipinski definition) is 5. The number of likely N-dealkylation sites (tertiary alicyclic amines) is 1. The molecule has 2 rings (SSSR count). The van der Waals surface area contributed by atoms with Gasteiger partial charge in [0.05, 0.1) is 18.4 Å². The topological polar surface area (TPSA) is 104 Å². The highest BCUT2D eigenvalue weighted by molar-refractivity contribution is 7.89. The van der Waals surface area contributed by atoms with Gasteiger partial charge in [0.1, 0.15) is 6.04 Å². The van der Waals surface area contributed by atoms with Crippen molar-refractivity contribution in [3.8, 4) is 0 Å². The summed E-state index contributed by atoms with van der Waals surface area (Å²) in [7, 11) is -1.90. The minimum atomic E-state index is -3.36. The van der Waals surface area contributed by atoms with Gasteiger partial charge in [-0.05, 0) is 6.42 Å². The molecule has 2 fully saturated rings. The van der Waals surface area contributed by atoms with Gasteiger partial charge in [-0.3, -0.25) is 4.79 Å². The van der Waals surface area contributed by atoms with Crippen LogP contribution in [0.3, 0.4) is 0 Å². The van der Waals surface area contributed by atoms with E-state index in [1.54, 1.807) is 0 Å². The number of nitrogens with zero attached hydrogens (tertiary/aromatic N) is 2. The van der Waals surface area contributed by atoms with Gasteiger partial charge in [0.2, 0.25) is 15.9 Å². The molecule has 2 aliphatic rings. The van der Waals surface area contributed by atoms with E-state index >= 15 is 0 Å². The van der Waals surface area contributed by atoms with Crippen molar-refractivity contribution >= 4 is 21.9 Å². The number of aliphatic carboxylic acids is 1. The Balaban J connectivity index is 2.06. The number of methoxy groups -OCH3 is 1. The number of carboxylic acids is 1. The Morgan fingerprint density at radius 2 is 2.10 bits per heavy atom. The predicted octanol–water partition coefficient (Wildman–Crippen LogP) is -1.28. The van der Waals surface area contributed by atoms with Gasteiger partial charge in [0.25, 0.3) is 0 Å². The summed E-state index contributed by atoms with van der Waals surface area (Å²) in [6, 6.07) is -0.947. The molecule has 2 aliphatic heterocycles. The fourth-order valence-corrected chi connectivity index (χ4v) is 4.06. The van der Waals surface area contributed by atoms with Gasteiger partial charge in [-0.15, -0.1) is 0 Å². The van der Waals surface area contributed by atoms with Gasteiger partial charge in [-0.25, -0.2) is 13.2 Å². The monoisotopic (exact) mass is 306 g/mol. The van der Waals surface area contributed by atoms with Crippen LogP contribution in [0, 0.1) is 0 Å². The van der Waals surface area contributed by atoms with Crippen LogP contribution in [-0.2, 0) is 24.3 Å². The number of amides is 1. The van der Waals surface area contributed by atoms with E-state index in [0.29, 0.717) is 13.0 Å². The maximum Gasteiger partial charge on any atom is 0.326 e. The molecular formula is C11H18N2O6S. The molecule has 8 nitrogen and oxygen atoms in total. The zero-order valence-corrected chi connectivity index (χ0v) is 12.0. The van der Waals surface area contributed by atoms with E-state index in [9.17, 15) is 18.0 Å². The number of ether oxygens (including phenoxy) is 1. The van der Waals surface area contributed by atoms with E-state index in [1.807, 2.05) is 0 Å². The fourth-order valence-electron chi connectivity index (χ4n) is 2.59. The normalized spacial score (nSPS) is 29.8. The van der Waals surface area contributed by atoms with E-state index in [4.69, 9.17) is 9.84 Å². The first-order valence-corrected chi connectivity index (χ1v) is 7.99. The van der Waals surface area contributed by atoms with Gasteiger partial charge in [-0.1, -0.05) is 0 Å². The second-order valence-electron chi connectivity index (χ2n) is 5.00. The van der Waals surface area contributed by atoms with E-state index < -0.39 is 27.9 Å². The number of rotatable bonds is 4. The molecule has 0 saturated carbocycles. The SMILES string of the molecule is COC1CC(C(=O)O)N(C(=O)CN2CCCS2(=O)=O)C1. The Kier molecular flexibility index (Phi) is 4.31. The Morgan fingerprint density at radius 1 is 1.40 bits per heavy atom. The first-order chi connectivity index (χ1) is 9.35. The third-order valence-corrected chi connectivity index (χ3v) is 5.62. The molecule has 1 N–H and O–H groups in total. The zero-order valence-electron chi connectivity index (χ0n) is 11.2. The van der Waals surface area contributed by atoms with Crippen molar-refractivity contribution in [3.05, 3.63) is 0 Å². The molecule has 20 heavy (non-hydrogen) atoms. The fraction of sp³-hybridized carbons (Fsp3) is 0.818. The predicted molar refractivity (Wildman–Crippen MR) is 68.5 cm³/mol. The van der Waals surface area contributed by atoms with Gasteiger partial charge in [0, 0.05) is 26.6 Å². The number of hydrogen-bond donors (Lipinski definition) is 1. The van der Waals surface area contributed by atoms with Crippen molar-refractivity contribution in [2.24, 2.45) is 0 Å². The molecule has 2 unspecified atom stereocenters. The average molecular weight is 306 g/mol. The van der Waals surface area contributed by atoms with Crippen molar-refractivity contribution in [1.29, 1.82) is 0 Å². The molecule has 0 aromatic rings. The first kappa shape index (κ1) is 15.2. The molecule has 2 saturated heterocycles. The Hall–Kier alpha value is -1.19. The third kappa shape index (κ3) is 2.94. The molecule has 0 aliphatic carbocycles. The van der Waals surface area contributed by atoms with Crippen LogP contribution in [0.5, 0.6) is 0 Å². The molecule has 2 heterocycles. The van der Waals surface area contributed by atoms with Crippen molar-refractivity contribution in [2.75, 3.05) is 32.5 Å². The van der Waals surface area contributed by atoms with Crippen LogP contribution in [0.2, 0.25) is 0 Å². The first-order valence-electron chi connectivity index (χ1n) is 6.38. The molecule has 2 atom stereocenters. The quantitative estimate of drug-likeness (QED) is 0.694. The second-order valence-corrected chi connectivity index (χ2v) is 7.09. The number of carboxylic acid groups (broad SMARTS) is 1. The highest BCUT2D eigenvalue weighted by Gasteiger charge is 2.41. The molecule has 114 valence electrons. The zero-order chi connectivity index (χ0) is 14.9. The Morgan fingerprint density at radius 3 is 2.60 bits per heavy atom. The van der Waals surface area contributed by atoms with Crippen LogP contribution < -0.4 is 0 Å². The summed E-state index contributed by atoms with van der Waals surface area (Å²) in [5.74, 6) is -1.53.